The van der Waals surface area contributed by atoms with Gasteiger partial charge in [-0.05, 0) is 44.8 Å². The molecule has 0 amide bonds. The quantitative estimate of drug-likeness (QED) is 0.338. The molecular formula is C24H20N2. The van der Waals surface area contributed by atoms with E-state index in [0.29, 0.717) is 13.1 Å². The second-order valence-corrected chi connectivity index (χ2v) is 6.28. The van der Waals surface area contributed by atoms with E-state index < -0.39 is 0 Å². The maximum absolute atomic E-state index is 4.49. The highest BCUT2D eigenvalue weighted by Gasteiger charge is 1.94. The SMILES string of the molecule is C(=NCCN=Cc1ccc2ccccc2c1)c1ccc2ccccc2c1. The number of hydrogen-bond donors (Lipinski definition) is 0. The minimum absolute atomic E-state index is 0.691. The van der Waals surface area contributed by atoms with Crippen LogP contribution >= 0.6 is 0 Å². The average Bonchev–Trinajstić information content (AvgIpc) is 2.70. The van der Waals surface area contributed by atoms with E-state index in [1.54, 1.807) is 0 Å². The monoisotopic (exact) mass is 336 g/mol. The summed E-state index contributed by atoms with van der Waals surface area (Å²) in [5.74, 6) is 0. The highest BCUT2D eigenvalue weighted by atomic mass is 14.8. The lowest BCUT2D eigenvalue weighted by atomic mass is 10.1. The van der Waals surface area contributed by atoms with Gasteiger partial charge in [-0.25, -0.2) is 0 Å². The van der Waals surface area contributed by atoms with Crippen molar-refractivity contribution in [3.05, 3.63) is 96.1 Å². The molecule has 0 unspecified atom stereocenters. The molecule has 0 radical (unpaired) electrons. The molecule has 0 aliphatic rings. The first kappa shape index (κ1) is 16.2. The van der Waals surface area contributed by atoms with Crippen LogP contribution in [0.2, 0.25) is 0 Å². The Labute approximate surface area is 153 Å². The third kappa shape index (κ3) is 3.86. The van der Waals surface area contributed by atoms with E-state index in [1.165, 1.54) is 21.5 Å². The number of benzene rings is 4. The van der Waals surface area contributed by atoms with Gasteiger partial charge < -0.3 is 0 Å². The minimum Gasteiger partial charge on any atom is -0.291 e. The molecule has 0 saturated carbocycles. The zero-order valence-corrected chi connectivity index (χ0v) is 14.5. The average molecular weight is 336 g/mol. The van der Waals surface area contributed by atoms with Gasteiger partial charge in [0.15, 0.2) is 0 Å². The molecule has 0 heterocycles. The molecule has 4 rings (SSSR count). The molecule has 0 aliphatic carbocycles. The van der Waals surface area contributed by atoms with Crippen molar-refractivity contribution >= 4 is 34.0 Å². The molecule has 0 N–H and O–H groups in total. The summed E-state index contributed by atoms with van der Waals surface area (Å²) in [5.41, 5.74) is 2.25. The van der Waals surface area contributed by atoms with Gasteiger partial charge in [0, 0.05) is 12.4 Å². The van der Waals surface area contributed by atoms with Crippen molar-refractivity contribution in [2.24, 2.45) is 9.98 Å². The number of nitrogens with zero attached hydrogens (tertiary/aromatic N) is 2. The molecule has 0 spiro atoms. The molecule has 4 aromatic carbocycles. The summed E-state index contributed by atoms with van der Waals surface area (Å²) in [5, 5.41) is 4.99. The van der Waals surface area contributed by atoms with Gasteiger partial charge in [-0.1, -0.05) is 72.8 Å². The van der Waals surface area contributed by atoms with Gasteiger partial charge in [-0.3, -0.25) is 9.98 Å². The van der Waals surface area contributed by atoms with Gasteiger partial charge >= 0.3 is 0 Å². The highest BCUT2D eigenvalue weighted by Crippen LogP contribution is 2.15. The van der Waals surface area contributed by atoms with E-state index in [2.05, 4.69) is 94.9 Å². The molecule has 0 aromatic heterocycles. The van der Waals surface area contributed by atoms with E-state index in [9.17, 15) is 0 Å². The minimum atomic E-state index is 0.691. The first-order valence-electron chi connectivity index (χ1n) is 8.86. The predicted octanol–water partition coefficient (Wildman–Crippen LogP) is 5.53. The van der Waals surface area contributed by atoms with Crippen LogP contribution in [0, 0.1) is 0 Å². The van der Waals surface area contributed by atoms with Gasteiger partial charge in [0.25, 0.3) is 0 Å². The van der Waals surface area contributed by atoms with Crippen LogP contribution in [0.15, 0.2) is 94.9 Å². The number of rotatable bonds is 5. The Bertz CT molecular complexity index is 1000. The van der Waals surface area contributed by atoms with E-state index in [-0.39, 0.29) is 0 Å². The molecule has 4 aromatic rings. The molecular weight excluding hydrogens is 316 g/mol. The summed E-state index contributed by atoms with van der Waals surface area (Å²) in [7, 11) is 0. The molecule has 0 fully saturated rings. The summed E-state index contributed by atoms with van der Waals surface area (Å²) in [6, 6.07) is 29.5. The fraction of sp³-hybridized carbons (Fsp3) is 0.0833. The normalized spacial score (nSPS) is 11.8. The van der Waals surface area contributed by atoms with Crippen LogP contribution in [0.4, 0.5) is 0 Å². The topological polar surface area (TPSA) is 24.7 Å². The van der Waals surface area contributed by atoms with Crippen LogP contribution in [0.3, 0.4) is 0 Å². The summed E-state index contributed by atoms with van der Waals surface area (Å²) in [6.45, 7) is 1.38. The third-order valence-electron chi connectivity index (χ3n) is 4.39. The van der Waals surface area contributed by atoms with Gasteiger partial charge in [-0.2, -0.15) is 0 Å². The van der Waals surface area contributed by atoms with Crippen molar-refractivity contribution < 1.29 is 0 Å². The molecule has 26 heavy (non-hydrogen) atoms. The molecule has 126 valence electrons. The lowest BCUT2D eigenvalue weighted by molar-refractivity contribution is 0.985. The maximum Gasteiger partial charge on any atom is 0.0585 e. The van der Waals surface area contributed by atoms with E-state index >= 15 is 0 Å². The van der Waals surface area contributed by atoms with Crippen molar-refractivity contribution in [1.29, 1.82) is 0 Å². The Hall–Kier alpha value is -3.26. The zero-order valence-electron chi connectivity index (χ0n) is 14.5. The lowest BCUT2D eigenvalue weighted by Gasteiger charge is -1.99. The Morgan fingerprint density at radius 2 is 0.923 bits per heavy atom. The fourth-order valence-electron chi connectivity index (χ4n) is 3.03. The largest absolute Gasteiger partial charge is 0.291 e. The van der Waals surface area contributed by atoms with Crippen LogP contribution in [-0.4, -0.2) is 25.5 Å². The first-order chi connectivity index (χ1) is 12.9. The highest BCUT2D eigenvalue weighted by molar-refractivity contribution is 5.91. The smallest absolute Gasteiger partial charge is 0.0585 e. The Morgan fingerprint density at radius 3 is 1.38 bits per heavy atom. The molecule has 2 nitrogen and oxygen atoms in total. The van der Waals surface area contributed by atoms with Crippen molar-refractivity contribution in [3.8, 4) is 0 Å². The van der Waals surface area contributed by atoms with E-state index in [0.717, 1.165) is 11.1 Å². The Morgan fingerprint density at radius 1 is 0.500 bits per heavy atom. The number of hydrogen-bond acceptors (Lipinski definition) is 2. The second-order valence-electron chi connectivity index (χ2n) is 6.28. The Kier molecular flexibility index (Phi) is 4.83. The van der Waals surface area contributed by atoms with Crippen molar-refractivity contribution in [3.63, 3.8) is 0 Å². The first-order valence-corrected chi connectivity index (χ1v) is 8.86. The van der Waals surface area contributed by atoms with Gasteiger partial charge in [0.2, 0.25) is 0 Å². The Balaban J connectivity index is 1.34. The van der Waals surface area contributed by atoms with E-state index in [4.69, 9.17) is 0 Å². The maximum atomic E-state index is 4.49. The molecule has 0 bridgehead atoms. The number of fused-ring (bicyclic) bond motifs is 2. The fourth-order valence-corrected chi connectivity index (χ4v) is 3.03. The van der Waals surface area contributed by atoms with Gasteiger partial charge in [0.1, 0.15) is 0 Å². The predicted molar refractivity (Wildman–Crippen MR) is 113 cm³/mol. The molecule has 2 heteroatoms. The molecule has 0 saturated heterocycles. The molecule has 0 aliphatic heterocycles. The van der Waals surface area contributed by atoms with Crippen molar-refractivity contribution in [2.75, 3.05) is 13.1 Å². The van der Waals surface area contributed by atoms with Crippen LogP contribution in [0.1, 0.15) is 11.1 Å². The second kappa shape index (κ2) is 7.75. The summed E-state index contributed by atoms with van der Waals surface area (Å²) in [6.07, 6.45) is 3.86. The van der Waals surface area contributed by atoms with Crippen molar-refractivity contribution in [2.45, 2.75) is 0 Å². The summed E-state index contributed by atoms with van der Waals surface area (Å²) >= 11 is 0. The van der Waals surface area contributed by atoms with E-state index in [1.807, 2.05) is 12.4 Å². The lowest BCUT2D eigenvalue weighted by Crippen LogP contribution is -1.90. The standard InChI is InChI=1S/C24H20N2/c1-3-7-23-15-19(9-11-21(23)5-1)17-25-13-14-26-18-20-10-12-22-6-2-4-8-24(22)16-20/h1-12,15-18H,13-14H2. The van der Waals surface area contributed by atoms with Gasteiger partial charge in [0.05, 0.1) is 13.1 Å². The van der Waals surface area contributed by atoms with Crippen LogP contribution in [0.5, 0.6) is 0 Å². The summed E-state index contributed by atoms with van der Waals surface area (Å²) < 4.78 is 0. The number of aliphatic imine (C=N–C) groups is 2. The summed E-state index contributed by atoms with van der Waals surface area (Å²) in [4.78, 5) is 8.98. The van der Waals surface area contributed by atoms with Crippen LogP contribution < -0.4 is 0 Å². The van der Waals surface area contributed by atoms with Crippen LogP contribution in [-0.2, 0) is 0 Å². The zero-order chi connectivity index (χ0) is 17.6. The third-order valence-corrected chi connectivity index (χ3v) is 4.39. The van der Waals surface area contributed by atoms with Crippen LogP contribution in [0.25, 0.3) is 21.5 Å². The van der Waals surface area contributed by atoms with Crippen molar-refractivity contribution in [1.82, 2.24) is 0 Å². The van der Waals surface area contributed by atoms with Gasteiger partial charge in [-0.15, -0.1) is 0 Å². The molecule has 0 atom stereocenters.